The molecule has 9 heteroatoms. The molecular weight excluding hydrogens is 340 g/mol. The zero-order valence-corrected chi connectivity index (χ0v) is 14.2. The predicted molar refractivity (Wildman–Crippen MR) is 94.6 cm³/mol. The van der Waals surface area contributed by atoms with Gasteiger partial charge < -0.3 is 9.88 Å². The van der Waals surface area contributed by atoms with Crippen LogP contribution in [0.3, 0.4) is 0 Å². The van der Waals surface area contributed by atoms with Crippen LogP contribution in [0.4, 0.5) is 5.69 Å². The predicted octanol–water partition coefficient (Wildman–Crippen LogP) is 1.09. The highest BCUT2D eigenvalue weighted by molar-refractivity contribution is 7.89. The van der Waals surface area contributed by atoms with Crippen molar-refractivity contribution < 1.29 is 8.42 Å². The molecule has 0 saturated carbocycles. The molecule has 1 aliphatic rings. The van der Waals surface area contributed by atoms with E-state index < -0.39 is 15.8 Å². The first-order chi connectivity index (χ1) is 12.1. The summed E-state index contributed by atoms with van der Waals surface area (Å²) in [5.41, 5.74) is 2.61. The van der Waals surface area contributed by atoms with E-state index in [1.165, 1.54) is 4.31 Å². The molecule has 1 saturated heterocycles. The Labute approximate surface area is 144 Å². The average molecular weight is 356 g/mol. The van der Waals surface area contributed by atoms with Crippen LogP contribution in [0, 0.1) is 11.3 Å². The molecule has 0 bridgehead atoms. The van der Waals surface area contributed by atoms with Gasteiger partial charge in [0.25, 0.3) is 0 Å². The molecule has 0 radical (unpaired) electrons. The van der Waals surface area contributed by atoms with Gasteiger partial charge in [0.05, 0.1) is 28.9 Å². The number of piperazine rings is 1. The van der Waals surface area contributed by atoms with Crippen LogP contribution >= 0.6 is 0 Å². The fourth-order valence-corrected chi connectivity index (χ4v) is 4.32. The number of anilines is 1. The van der Waals surface area contributed by atoms with E-state index in [-0.39, 0.29) is 0 Å². The summed E-state index contributed by atoms with van der Waals surface area (Å²) in [6.45, 7) is 1.86. The standard InChI is InChI=1S/C16H16N6O2S/c17-3-9-25(23,24)22-7-5-21(6-8-22)14-11-20-16-15(14)12-2-1-4-18-13(12)10-19-16/h1-2,4,10-11H,5-9H2,(H,19,20). The quantitative estimate of drug-likeness (QED) is 0.753. The number of nitriles is 1. The monoisotopic (exact) mass is 356 g/mol. The third kappa shape index (κ3) is 2.69. The fourth-order valence-electron chi connectivity index (χ4n) is 3.26. The molecule has 1 fully saturated rings. The Kier molecular flexibility index (Phi) is 3.78. The van der Waals surface area contributed by atoms with Gasteiger partial charge in [-0.3, -0.25) is 4.98 Å². The number of aromatic amines is 1. The highest BCUT2D eigenvalue weighted by atomic mass is 32.2. The van der Waals surface area contributed by atoms with E-state index in [4.69, 9.17) is 5.26 Å². The topological polar surface area (TPSA) is 106 Å². The van der Waals surface area contributed by atoms with E-state index in [1.807, 2.05) is 18.3 Å². The van der Waals surface area contributed by atoms with E-state index >= 15 is 0 Å². The number of sulfonamides is 1. The van der Waals surface area contributed by atoms with Gasteiger partial charge in [-0.05, 0) is 6.07 Å². The van der Waals surface area contributed by atoms with Crippen molar-refractivity contribution in [3.8, 4) is 6.07 Å². The molecule has 4 heterocycles. The molecule has 3 aromatic heterocycles. The Hall–Kier alpha value is -2.70. The number of nitrogens with zero attached hydrogens (tertiary/aromatic N) is 5. The summed E-state index contributed by atoms with van der Waals surface area (Å²) in [4.78, 5) is 14.1. The van der Waals surface area contributed by atoms with Crippen molar-refractivity contribution in [3.63, 3.8) is 0 Å². The van der Waals surface area contributed by atoms with Crippen molar-refractivity contribution in [2.24, 2.45) is 0 Å². The molecule has 8 nitrogen and oxygen atoms in total. The number of nitrogens with one attached hydrogen (secondary N) is 1. The lowest BCUT2D eigenvalue weighted by Gasteiger charge is -2.34. The highest BCUT2D eigenvalue weighted by Crippen LogP contribution is 2.32. The molecule has 4 rings (SSSR count). The Morgan fingerprint density at radius 2 is 2.04 bits per heavy atom. The zero-order chi connectivity index (χ0) is 17.4. The number of hydrogen-bond acceptors (Lipinski definition) is 6. The number of hydrogen-bond donors (Lipinski definition) is 1. The van der Waals surface area contributed by atoms with Crippen LogP contribution in [0.15, 0.2) is 30.7 Å². The minimum absolute atomic E-state index is 0.368. The molecule has 0 aliphatic carbocycles. The summed E-state index contributed by atoms with van der Waals surface area (Å²) in [5.74, 6) is -0.472. The number of rotatable bonds is 3. The maximum Gasteiger partial charge on any atom is 0.227 e. The first-order valence-electron chi connectivity index (χ1n) is 7.91. The Balaban J connectivity index is 1.66. The lowest BCUT2D eigenvalue weighted by Crippen LogP contribution is -2.49. The lowest BCUT2D eigenvalue weighted by atomic mass is 10.1. The van der Waals surface area contributed by atoms with Crippen LogP contribution in [0.25, 0.3) is 21.9 Å². The number of aromatic nitrogens is 3. The number of pyridine rings is 2. The van der Waals surface area contributed by atoms with Crippen LogP contribution in [-0.2, 0) is 10.0 Å². The average Bonchev–Trinajstić information content (AvgIpc) is 3.06. The molecular formula is C16H16N6O2S. The van der Waals surface area contributed by atoms with Gasteiger partial charge in [0.1, 0.15) is 5.65 Å². The van der Waals surface area contributed by atoms with Gasteiger partial charge in [0.15, 0.2) is 5.75 Å². The first kappa shape index (κ1) is 15.8. The first-order valence-corrected chi connectivity index (χ1v) is 9.51. The van der Waals surface area contributed by atoms with Gasteiger partial charge >= 0.3 is 0 Å². The van der Waals surface area contributed by atoms with Gasteiger partial charge in [0, 0.05) is 44.0 Å². The third-order valence-electron chi connectivity index (χ3n) is 4.48. The molecule has 0 unspecified atom stereocenters. The normalized spacial score (nSPS) is 16.4. The number of fused-ring (bicyclic) bond motifs is 3. The summed E-state index contributed by atoms with van der Waals surface area (Å²) in [5, 5.41) is 10.7. The molecule has 0 atom stereocenters. The minimum Gasteiger partial charge on any atom is -0.367 e. The van der Waals surface area contributed by atoms with Gasteiger partial charge in [-0.25, -0.2) is 13.4 Å². The van der Waals surface area contributed by atoms with E-state index in [0.29, 0.717) is 26.2 Å². The summed E-state index contributed by atoms with van der Waals surface area (Å²) >= 11 is 0. The van der Waals surface area contributed by atoms with Gasteiger partial charge in [-0.1, -0.05) is 6.07 Å². The molecule has 1 aliphatic heterocycles. The van der Waals surface area contributed by atoms with Crippen molar-refractivity contribution in [2.75, 3.05) is 36.8 Å². The second kappa shape index (κ2) is 5.98. The maximum atomic E-state index is 12.0. The molecule has 0 aromatic carbocycles. The number of H-pyrrole nitrogens is 1. The Morgan fingerprint density at radius 3 is 2.80 bits per heavy atom. The van der Waals surface area contributed by atoms with E-state index in [0.717, 1.165) is 27.6 Å². The highest BCUT2D eigenvalue weighted by Gasteiger charge is 2.28. The van der Waals surface area contributed by atoms with Crippen LogP contribution in [-0.4, -0.2) is 59.6 Å². The largest absolute Gasteiger partial charge is 0.367 e. The van der Waals surface area contributed by atoms with Crippen molar-refractivity contribution in [1.82, 2.24) is 19.3 Å². The Morgan fingerprint density at radius 1 is 1.24 bits per heavy atom. The molecule has 3 aromatic rings. The summed E-state index contributed by atoms with van der Waals surface area (Å²) in [7, 11) is -3.49. The van der Waals surface area contributed by atoms with Crippen LogP contribution in [0.5, 0.6) is 0 Å². The van der Waals surface area contributed by atoms with Gasteiger partial charge in [-0.15, -0.1) is 0 Å². The molecule has 1 N–H and O–H groups in total. The zero-order valence-electron chi connectivity index (χ0n) is 13.4. The van der Waals surface area contributed by atoms with Crippen LogP contribution < -0.4 is 4.90 Å². The van der Waals surface area contributed by atoms with Crippen molar-refractivity contribution in [1.29, 1.82) is 5.26 Å². The van der Waals surface area contributed by atoms with E-state index in [1.54, 1.807) is 18.5 Å². The molecule has 0 spiro atoms. The van der Waals surface area contributed by atoms with Gasteiger partial charge in [0.2, 0.25) is 10.0 Å². The maximum absolute atomic E-state index is 12.0. The summed E-state index contributed by atoms with van der Waals surface area (Å²) in [6.07, 6.45) is 5.38. The van der Waals surface area contributed by atoms with Crippen molar-refractivity contribution in [3.05, 3.63) is 30.7 Å². The minimum atomic E-state index is -3.49. The van der Waals surface area contributed by atoms with Gasteiger partial charge in [-0.2, -0.15) is 9.57 Å². The van der Waals surface area contributed by atoms with Crippen molar-refractivity contribution in [2.45, 2.75) is 0 Å². The molecule has 128 valence electrons. The van der Waals surface area contributed by atoms with Crippen LogP contribution in [0.1, 0.15) is 0 Å². The summed E-state index contributed by atoms with van der Waals surface area (Å²) < 4.78 is 25.4. The molecule has 25 heavy (non-hydrogen) atoms. The summed E-state index contributed by atoms with van der Waals surface area (Å²) in [6, 6.07) is 5.63. The van der Waals surface area contributed by atoms with E-state index in [9.17, 15) is 8.42 Å². The third-order valence-corrected chi connectivity index (χ3v) is 6.13. The second-order valence-corrected chi connectivity index (χ2v) is 7.86. The fraction of sp³-hybridized carbons (Fsp3) is 0.312. The lowest BCUT2D eigenvalue weighted by molar-refractivity contribution is 0.387. The Bertz CT molecular complexity index is 1080. The second-order valence-electron chi connectivity index (χ2n) is 5.89. The van der Waals surface area contributed by atoms with Crippen molar-refractivity contribution >= 4 is 37.6 Å². The SMILES string of the molecule is N#CCS(=O)(=O)N1CCN(c2c[nH]c3ncc4ncccc4c23)CC1. The van der Waals surface area contributed by atoms with Crippen LogP contribution in [0.2, 0.25) is 0 Å². The smallest absolute Gasteiger partial charge is 0.227 e. The molecule has 0 amide bonds. The van der Waals surface area contributed by atoms with E-state index in [2.05, 4.69) is 19.9 Å².